The molecule has 2 nitrogen and oxygen atoms in total. The topological polar surface area (TPSA) is 32.9 Å². The van der Waals surface area contributed by atoms with Gasteiger partial charge in [0.15, 0.2) is 0 Å². The lowest BCUT2D eigenvalue weighted by Crippen LogP contribution is -2.06. The average Bonchev–Trinajstić information content (AvgIpc) is 2.15. The number of aromatic amines is 1. The van der Waals surface area contributed by atoms with Crippen molar-refractivity contribution in [2.24, 2.45) is 0 Å². The van der Waals surface area contributed by atoms with Crippen LogP contribution in [-0.4, -0.2) is 4.98 Å². The predicted molar refractivity (Wildman–Crippen MR) is 61.9 cm³/mol. The largest absolute Gasteiger partial charge is 0.322 e. The molecular weight excluding hydrogens is 205 g/mol. The lowest BCUT2D eigenvalue weighted by atomic mass is 10.0. The summed E-state index contributed by atoms with van der Waals surface area (Å²) < 4.78 is 12.9. The minimum atomic E-state index is -0.267. The Morgan fingerprint density at radius 2 is 1.88 bits per heavy atom. The van der Waals surface area contributed by atoms with Gasteiger partial charge in [0.25, 0.3) is 0 Å². The standard InChI is InChI=1S/C13H12FNO/c1-8-5-12(15-13(16)6-8)11-4-3-10(14)7-9(11)2/h3-7H,1-2H3,(H,15,16). The first-order valence-corrected chi connectivity index (χ1v) is 5.04. The lowest BCUT2D eigenvalue weighted by molar-refractivity contribution is 0.627. The van der Waals surface area contributed by atoms with E-state index >= 15 is 0 Å². The zero-order valence-corrected chi connectivity index (χ0v) is 9.17. The fourth-order valence-corrected chi connectivity index (χ4v) is 1.76. The van der Waals surface area contributed by atoms with Crippen LogP contribution in [0.2, 0.25) is 0 Å². The van der Waals surface area contributed by atoms with Crippen molar-refractivity contribution < 1.29 is 4.39 Å². The minimum absolute atomic E-state index is 0.140. The Morgan fingerprint density at radius 3 is 2.50 bits per heavy atom. The molecule has 2 aromatic rings. The van der Waals surface area contributed by atoms with Crippen LogP contribution in [0.3, 0.4) is 0 Å². The molecule has 0 saturated heterocycles. The second-order valence-electron chi connectivity index (χ2n) is 3.89. The highest BCUT2D eigenvalue weighted by molar-refractivity contribution is 5.63. The molecule has 1 aromatic carbocycles. The van der Waals surface area contributed by atoms with Crippen LogP contribution >= 0.6 is 0 Å². The van der Waals surface area contributed by atoms with E-state index in [1.165, 1.54) is 18.2 Å². The first-order valence-electron chi connectivity index (χ1n) is 5.04. The van der Waals surface area contributed by atoms with Gasteiger partial charge in [0.2, 0.25) is 5.56 Å². The fourth-order valence-electron chi connectivity index (χ4n) is 1.76. The molecule has 0 radical (unpaired) electrons. The molecule has 0 amide bonds. The number of hydrogen-bond acceptors (Lipinski definition) is 1. The van der Waals surface area contributed by atoms with E-state index in [-0.39, 0.29) is 11.4 Å². The van der Waals surface area contributed by atoms with Crippen LogP contribution in [0, 0.1) is 19.7 Å². The maximum atomic E-state index is 12.9. The van der Waals surface area contributed by atoms with Gasteiger partial charge >= 0.3 is 0 Å². The van der Waals surface area contributed by atoms with Crippen LogP contribution < -0.4 is 5.56 Å². The number of aromatic nitrogens is 1. The van der Waals surface area contributed by atoms with E-state index < -0.39 is 0 Å². The molecule has 1 N–H and O–H groups in total. The zero-order valence-electron chi connectivity index (χ0n) is 9.17. The summed E-state index contributed by atoms with van der Waals surface area (Å²) in [5, 5.41) is 0. The number of rotatable bonds is 1. The molecule has 16 heavy (non-hydrogen) atoms. The number of hydrogen-bond donors (Lipinski definition) is 1. The van der Waals surface area contributed by atoms with Crippen molar-refractivity contribution in [3.8, 4) is 11.3 Å². The molecule has 0 atom stereocenters. The molecule has 3 heteroatoms. The SMILES string of the molecule is Cc1cc(-c2ccc(F)cc2C)[nH]c(=O)c1. The molecule has 0 unspecified atom stereocenters. The number of aryl methyl sites for hydroxylation is 2. The first kappa shape index (κ1) is 10.6. The van der Waals surface area contributed by atoms with Gasteiger partial charge in [-0.2, -0.15) is 0 Å². The molecule has 2 rings (SSSR count). The summed E-state index contributed by atoms with van der Waals surface area (Å²) in [5.41, 5.74) is 3.13. The van der Waals surface area contributed by atoms with Crippen molar-refractivity contribution in [1.82, 2.24) is 4.98 Å². The van der Waals surface area contributed by atoms with Crippen molar-refractivity contribution in [2.45, 2.75) is 13.8 Å². The van der Waals surface area contributed by atoms with Gasteiger partial charge in [0, 0.05) is 17.3 Å². The fraction of sp³-hybridized carbons (Fsp3) is 0.154. The third-order valence-corrected chi connectivity index (χ3v) is 2.47. The molecule has 0 bridgehead atoms. The van der Waals surface area contributed by atoms with Crippen molar-refractivity contribution >= 4 is 0 Å². The number of benzene rings is 1. The van der Waals surface area contributed by atoms with E-state index in [0.29, 0.717) is 0 Å². The Bertz CT molecular complexity index is 587. The van der Waals surface area contributed by atoms with Crippen LogP contribution in [0.15, 0.2) is 35.1 Å². The van der Waals surface area contributed by atoms with Crippen LogP contribution in [0.25, 0.3) is 11.3 Å². The van der Waals surface area contributed by atoms with Crippen LogP contribution in [0.5, 0.6) is 0 Å². The van der Waals surface area contributed by atoms with Gasteiger partial charge in [-0.3, -0.25) is 4.79 Å². The average molecular weight is 217 g/mol. The molecule has 0 aliphatic rings. The second-order valence-corrected chi connectivity index (χ2v) is 3.89. The monoisotopic (exact) mass is 217 g/mol. The Kier molecular flexibility index (Phi) is 2.60. The van der Waals surface area contributed by atoms with Gasteiger partial charge in [0.05, 0.1) is 0 Å². The maximum Gasteiger partial charge on any atom is 0.248 e. The molecule has 0 aliphatic carbocycles. The summed E-state index contributed by atoms with van der Waals surface area (Å²) in [5.74, 6) is -0.267. The summed E-state index contributed by atoms with van der Waals surface area (Å²) in [6.45, 7) is 3.68. The molecule has 1 aromatic heterocycles. The summed E-state index contributed by atoms with van der Waals surface area (Å²) >= 11 is 0. The van der Waals surface area contributed by atoms with E-state index in [0.717, 1.165) is 22.4 Å². The number of pyridine rings is 1. The number of H-pyrrole nitrogens is 1. The van der Waals surface area contributed by atoms with Gasteiger partial charge in [-0.05, 0) is 49.2 Å². The minimum Gasteiger partial charge on any atom is -0.322 e. The Balaban J connectivity index is 2.63. The molecule has 0 aliphatic heterocycles. The summed E-state index contributed by atoms with van der Waals surface area (Å²) in [6, 6.07) is 7.93. The van der Waals surface area contributed by atoms with Crippen molar-refractivity contribution in [1.29, 1.82) is 0 Å². The first-order chi connectivity index (χ1) is 7.56. The van der Waals surface area contributed by atoms with Crippen LogP contribution in [0.1, 0.15) is 11.1 Å². The van der Waals surface area contributed by atoms with Gasteiger partial charge in [0.1, 0.15) is 5.82 Å². The number of nitrogens with one attached hydrogen (secondary N) is 1. The van der Waals surface area contributed by atoms with Crippen molar-refractivity contribution in [3.63, 3.8) is 0 Å². The molecular formula is C13H12FNO. The number of halogens is 1. The van der Waals surface area contributed by atoms with Gasteiger partial charge < -0.3 is 4.98 Å². The highest BCUT2D eigenvalue weighted by Gasteiger charge is 2.04. The van der Waals surface area contributed by atoms with Crippen molar-refractivity contribution in [3.05, 3.63) is 57.6 Å². The highest BCUT2D eigenvalue weighted by atomic mass is 19.1. The highest BCUT2D eigenvalue weighted by Crippen LogP contribution is 2.21. The summed E-state index contributed by atoms with van der Waals surface area (Å²) in [6.07, 6.45) is 0. The van der Waals surface area contributed by atoms with Gasteiger partial charge in [-0.1, -0.05) is 0 Å². The quantitative estimate of drug-likeness (QED) is 0.782. The van der Waals surface area contributed by atoms with Crippen LogP contribution in [-0.2, 0) is 0 Å². The van der Waals surface area contributed by atoms with E-state index in [4.69, 9.17) is 0 Å². The third kappa shape index (κ3) is 2.03. The summed E-state index contributed by atoms with van der Waals surface area (Å²) in [4.78, 5) is 14.1. The Morgan fingerprint density at radius 1 is 1.12 bits per heavy atom. The Hall–Kier alpha value is -1.90. The molecule has 0 spiro atoms. The molecule has 1 heterocycles. The molecule has 82 valence electrons. The zero-order chi connectivity index (χ0) is 11.7. The van der Waals surface area contributed by atoms with E-state index in [1.54, 1.807) is 6.07 Å². The Labute approximate surface area is 92.8 Å². The molecule has 0 fully saturated rings. The summed E-state index contributed by atoms with van der Waals surface area (Å²) in [7, 11) is 0. The normalized spacial score (nSPS) is 10.4. The smallest absolute Gasteiger partial charge is 0.248 e. The maximum absolute atomic E-state index is 12.9. The van der Waals surface area contributed by atoms with Gasteiger partial charge in [-0.15, -0.1) is 0 Å². The van der Waals surface area contributed by atoms with E-state index in [9.17, 15) is 9.18 Å². The van der Waals surface area contributed by atoms with E-state index in [1.807, 2.05) is 19.9 Å². The lowest BCUT2D eigenvalue weighted by Gasteiger charge is -2.06. The van der Waals surface area contributed by atoms with Gasteiger partial charge in [-0.25, -0.2) is 4.39 Å². The third-order valence-electron chi connectivity index (χ3n) is 2.47. The van der Waals surface area contributed by atoms with E-state index in [2.05, 4.69) is 4.98 Å². The van der Waals surface area contributed by atoms with Crippen LogP contribution in [0.4, 0.5) is 4.39 Å². The molecule has 0 saturated carbocycles. The predicted octanol–water partition coefficient (Wildman–Crippen LogP) is 2.80. The van der Waals surface area contributed by atoms with Crippen molar-refractivity contribution in [2.75, 3.05) is 0 Å². The second kappa shape index (κ2) is 3.93.